The van der Waals surface area contributed by atoms with Crippen LogP contribution in [0.1, 0.15) is 5.69 Å². The number of anilines is 1. The molecule has 7 heteroatoms. The van der Waals surface area contributed by atoms with Crippen LogP contribution in [0.4, 0.5) is 5.82 Å². The summed E-state index contributed by atoms with van der Waals surface area (Å²) in [4.78, 5) is 16.4. The first-order valence-electron chi connectivity index (χ1n) is 5.22. The van der Waals surface area contributed by atoms with Crippen LogP contribution in [-0.2, 0) is 6.54 Å². The third kappa shape index (κ3) is 2.25. The summed E-state index contributed by atoms with van der Waals surface area (Å²) in [5, 5.41) is 5.42. The van der Waals surface area contributed by atoms with E-state index in [4.69, 9.17) is 11.6 Å². The van der Waals surface area contributed by atoms with Crippen LogP contribution in [0.5, 0.6) is 0 Å². The molecule has 3 aromatic heterocycles. The van der Waals surface area contributed by atoms with Gasteiger partial charge in [-0.05, 0) is 29.1 Å². The topological polar surface area (TPSA) is 63.6 Å². The number of rotatable bonds is 3. The van der Waals surface area contributed by atoms with Crippen LogP contribution < -0.4 is 5.32 Å². The van der Waals surface area contributed by atoms with E-state index in [1.807, 2.05) is 17.5 Å². The first-order valence-corrected chi connectivity index (χ1v) is 6.48. The van der Waals surface area contributed by atoms with Gasteiger partial charge in [0, 0.05) is 6.20 Å². The van der Waals surface area contributed by atoms with Crippen LogP contribution >= 0.6 is 22.9 Å². The summed E-state index contributed by atoms with van der Waals surface area (Å²) < 4.78 is 0.994. The van der Waals surface area contributed by atoms with Crippen LogP contribution in [-0.4, -0.2) is 19.9 Å². The Hall–Kier alpha value is -1.79. The van der Waals surface area contributed by atoms with E-state index in [2.05, 4.69) is 25.3 Å². The minimum Gasteiger partial charge on any atom is -0.363 e. The van der Waals surface area contributed by atoms with E-state index in [1.54, 1.807) is 17.5 Å². The second kappa shape index (κ2) is 4.83. The van der Waals surface area contributed by atoms with Crippen LogP contribution in [0.3, 0.4) is 0 Å². The maximum absolute atomic E-state index is 5.88. The molecule has 0 aliphatic rings. The Balaban J connectivity index is 1.88. The Morgan fingerprint density at radius 3 is 3.06 bits per heavy atom. The van der Waals surface area contributed by atoms with Crippen LogP contribution in [0.25, 0.3) is 10.2 Å². The zero-order valence-corrected chi connectivity index (χ0v) is 10.7. The van der Waals surface area contributed by atoms with Gasteiger partial charge in [0.1, 0.15) is 12.1 Å². The first kappa shape index (κ1) is 11.3. The van der Waals surface area contributed by atoms with Crippen molar-refractivity contribution in [2.75, 3.05) is 5.32 Å². The van der Waals surface area contributed by atoms with Crippen molar-refractivity contribution in [3.63, 3.8) is 0 Å². The lowest BCUT2D eigenvalue weighted by molar-refractivity contribution is 0.997. The zero-order valence-electron chi connectivity index (χ0n) is 9.17. The van der Waals surface area contributed by atoms with Gasteiger partial charge in [0.05, 0.1) is 22.5 Å². The van der Waals surface area contributed by atoms with Gasteiger partial charge in [0.2, 0.25) is 5.28 Å². The molecule has 0 saturated carbocycles. The van der Waals surface area contributed by atoms with Gasteiger partial charge in [-0.3, -0.25) is 0 Å². The number of hydrogen-bond donors (Lipinski definition) is 1. The van der Waals surface area contributed by atoms with Gasteiger partial charge in [0.25, 0.3) is 0 Å². The van der Waals surface area contributed by atoms with E-state index >= 15 is 0 Å². The van der Waals surface area contributed by atoms with Gasteiger partial charge in [0.15, 0.2) is 0 Å². The average Bonchev–Trinajstić information content (AvgIpc) is 2.85. The summed E-state index contributed by atoms with van der Waals surface area (Å²) in [5.41, 5.74) is 1.75. The lowest BCUT2D eigenvalue weighted by Gasteiger charge is -2.05. The molecule has 18 heavy (non-hydrogen) atoms. The maximum Gasteiger partial charge on any atom is 0.224 e. The highest BCUT2D eigenvalue weighted by molar-refractivity contribution is 7.17. The second-order valence-electron chi connectivity index (χ2n) is 3.53. The second-order valence-corrected chi connectivity index (χ2v) is 4.78. The Kier molecular flexibility index (Phi) is 3.04. The molecule has 0 amide bonds. The summed E-state index contributed by atoms with van der Waals surface area (Å²) >= 11 is 7.46. The molecule has 3 rings (SSSR count). The third-order valence-corrected chi connectivity index (χ3v) is 3.44. The Morgan fingerprint density at radius 2 is 2.22 bits per heavy atom. The highest BCUT2D eigenvalue weighted by Gasteiger charge is 2.07. The summed E-state index contributed by atoms with van der Waals surface area (Å²) in [5.74, 6) is 0.735. The van der Waals surface area contributed by atoms with E-state index in [-0.39, 0.29) is 5.28 Å². The van der Waals surface area contributed by atoms with Crippen LogP contribution in [0.2, 0.25) is 5.28 Å². The standard InChI is InChI=1S/C11H8ClN5S/c12-11-16-8-2-4-18-9(8)10(17-11)14-5-7-1-3-13-6-15-7/h1-4,6H,5H2,(H,14,16,17). The molecule has 0 aromatic carbocycles. The SMILES string of the molecule is Clc1nc(NCc2ccncn2)c2sccc2n1. The number of aromatic nitrogens is 4. The average molecular weight is 278 g/mol. The highest BCUT2D eigenvalue weighted by Crippen LogP contribution is 2.27. The summed E-state index contributed by atoms with van der Waals surface area (Å²) in [6.07, 6.45) is 3.22. The van der Waals surface area contributed by atoms with Gasteiger partial charge in [-0.15, -0.1) is 11.3 Å². The molecule has 0 radical (unpaired) electrons. The van der Waals surface area contributed by atoms with E-state index in [9.17, 15) is 0 Å². The molecule has 0 atom stereocenters. The van der Waals surface area contributed by atoms with Crippen molar-refractivity contribution in [3.05, 3.63) is 41.0 Å². The minimum absolute atomic E-state index is 0.242. The van der Waals surface area contributed by atoms with E-state index in [1.165, 1.54) is 6.33 Å². The molecule has 3 heterocycles. The number of nitrogens with zero attached hydrogens (tertiary/aromatic N) is 4. The molecule has 0 fully saturated rings. The van der Waals surface area contributed by atoms with Crippen molar-refractivity contribution in [1.82, 2.24) is 19.9 Å². The number of nitrogens with one attached hydrogen (secondary N) is 1. The first-order chi connectivity index (χ1) is 8.83. The predicted octanol–water partition coefficient (Wildman–Crippen LogP) is 2.75. The van der Waals surface area contributed by atoms with Crippen molar-refractivity contribution in [2.45, 2.75) is 6.54 Å². The Labute approximate surface area is 112 Å². The predicted molar refractivity (Wildman–Crippen MR) is 71.8 cm³/mol. The molecule has 1 N–H and O–H groups in total. The van der Waals surface area contributed by atoms with Gasteiger partial charge >= 0.3 is 0 Å². The van der Waals surface area contributed by atoms with Crippen molar-refractivity contribution in [2.24, 2.45) is 0 Å². The van der Waals surface area contributed by atoms with Crippen molar-refractivity contribution in [1.29, 1.82) is 0 Å². The summed E-state index contributed by atoms with van der Waals surface area (Å²) in [7, 11) is 0. The van der Waals surface area contributed by atoms with Gasteiger partial charge in [-0.25, -0.2) is 15.0 Å². The van der Waals surface area contributed by atoms with Crippen molar-refractivity contribution in [3.8, 4) is 0 Å². The summed E-state index contributed by atoms with van der Waals surface area (Å²) in [6, 6.07) is 3.77. The van der Waals surface area contributed by atoms with Gasteiger partial charge in [-0.1, -0.05) is 0 Å². The molecule has 90 valence electrons. The fourth-order valence-corrected chi connectivity index (χ4v) is 2.52. The lowest BCUT2D eigenvalue weighted by atomic mass is 10.4. The maximum atomic E-state index is 5.88. The van der Waals surface area contributed by atoms with Gasteiger partial charge in [-0.2, -0.15) is 4.98 Å². The van der Waals surface area contributed by atoms with Gasteiger partial charge < -0.3 is 5.32 Å². The molecular formula is C11H8ClN5S. The molecular weight excluding hydrogens is 270 g/mol. The number of thiophene rings is 1. The number of halogens is 1. The lowest BCUT2D eigenvalue weighted by Crippen LogP contribution is -2.04. The fraction of sp³-hybridized carbons (Fsp3) is 0.0909. The van der Waals surface area contributed by atoms with E-state index < -0.39 is 0 Å². The molecule has 5 nitrogen and oxygen atoms in total. The Morgan fingerprint density at radius 1 is 1.28 bits per heavy atom. The van der Waals surface area contributed by atoms with Crippen molar-refractivity contribution < 1.29 is 0 Å². The quantitative estimate of drug-likeness (QED) is 0.746. The smallest absolute Gasteiger partial charge is 0.224 e. The molecule has 0 bridgehead atoms. The minimum atomic E-state index is 0.242. The van der Waals surface area contributed by atoms with E-state index in [0.717, 1.165) is 21.7 Å². The molecule has 0 spiro atoms. The monoisotopic (exact) mass is 277 g/mol. The fourth-order valence-electron chi connectivity index (χ4n) is 1.55. The van der Waals surface area contributed by atoms with Crippen LogP contribution in [0, 0.1) is 0 Å². The number of hydrogen-bond acceptors (Lipinski definition) is 6. The Bertz CT molecular complexity index is 670. The molecule has 3 aromatic rings. The van der Waals surface area contributed by atoms with E-state index in [0.29, 0.717) is 6.54 Å². The summed E-state index contributed by atoms with van der Waals surface area (Å²) in [6.45, 7) is 0.572. The van der Waals surface area contributed by atoms with Crippen molar-refractivity contribution >= 4 is 39.0 Å². The normalized spacial score (nSPS) is 10.7. The molecule has 0 unspecified atom stereocenters. The number of fused-ring (bicyclic) bond motifs is 1. The zero-order chi connectivity index (χ0) is 12.4. The molecule has 0 saturated heterocycles. The largest absolute Gasteiger partial charge is 0.363 e. The molecule has 0 aliphatic heterocycles. The third-order valence-electron chi connectivity index (χ3n) is 2.36. The highest BCUT2D eigenvalue weighted by atomic mass is 35.5. The molecule has 0 aliphatic carbocycles. The van der Waals surface area contributed by atoms with Crippen LogP contribution in [0.15, 0.2) is 30.0 Å².